The van der Waals surface area contributed by atoms with Crippen LogP contribution in [0.1, 0.15) is 28.0 Å². The largest absolute Gasteiger partial charge is 0.507 e. The van der Waals surface area contributed by atoms with E-state index in [0.717, 1.165) is 21.6 Å². The fourth-order valence-corrected chi connectivity index (χ4v) is 4.67. The van der Waals surface area contributed by atoms with Crippen LogP contribution in [0.2, 0.25) is 0 Å². The van der Waals surface area contributed by atoms with E-state index in [9.17, 15) is 23.1 Å². The van der Waals surface area contributed by atoms with Gasteiger partial charge in [-0.1, -0.05) is 78.4 Å². The summed E-state index contributed by atoms with van der Waals surface area (Å²) in [5.74, 6) is -2.68. The molecule has 5 aromatic rings. The predicted molar refractivity (Wildman–Crippen MR) is 145 cm³/mol. The first-order chi connectivity index (χ1) is 19.2. The molecule has 2 N–H and O–H groups in total. The molecule has 0 aliphatic rings. The average molecular weight is 547 g/mol. The van der Waals surface area contributed by atoms with Gasteiger partial charge in [-0.2, -0.15) is 13.2 Å². The van der Waals surface area contributed by atoms with Gasteiger partial charge in [-0.15, -0.1) is 0 Å². The fourth-order valence-electron chi connectivity index (χ4n) is 4.67. The van der Waals surface area contributed by atoms with E-state index >= 15 is 0 Å². The van der Waals surface area contributed by atoms with Gasteiger partial charge in [0.15, 0.2) is 5.58 Å². The lowest BCUT2D eigenvalue weighted by atomic mass is 10.1. The maximum absolute atomic E-state index is 14.2. The zero-order chi connectivity index (χ0) is 28.3. The Morgan fingerprint density at radius 1 is 0.800 bits per heavy atom. The van der Waals surface area contributed by atoms with E-state index in [0.29, 0.717) is 13.1 Å². The number of alkyl halides is 3. The number of phenolic OH excluding ortho intramolecular Hbond substituents is 1. The summed E-state index contributed by atoms with van der Waals surface area (Å²) >= 11 is 0. The molecule has 0 amide bonds. The van der Waals surface area contributed by atoms with Gasteiger partial charge in [-0.05, 0) is 31.2 Å². The lowest BCUT2D eigenvalue weighted by Crippen LogP contribution is -3.08. The van der Waals surface area contributed by atoms with Crippen molar-refractivity contribution in [3.05, 3.63) is 135 Å². The molecule has 40 heavy (non-hydrogen) atoms. The third kappa shape index (κ3) is 6.02. The van der Waals surface area contributed by atoms with E-state index in [2.05, 4.69) is 0 Å². The number of rotatable bonds is 8. The van der Waals surface area contributed by atoms with Crippen molar-refractivity contribution in [1.29, 1.82) is 0 Å². The Morgan fingerprint density at radius 2 is 1.38 bits per heavy atom. The molecule has 5 nitrogen and oxygen atoms in total. The minimum Gasteiger partial charge on any atom is -0.507 e. The summed E-state index contributed by atoms with van der Waals surface area (Å²) in [6.07, 6.45) is -5.02. The van der Waals surface area contributed by atoms with Crippen LogP contribution < -0.4 is 15.1 Å². The van der Waals surface area contributed by atoms with Crippen molar-refractivity contribution in [1.82, 2.24) is 0 Å². The van der Waals surface area contributed by atoms with Crippen molar-refractivity contribution >= 4 is 11.0 Å². The Hall–Kier alpha value is -4.56. The number of phenols is 1. The molecule has 1 aromatic heterocycles. The quantitative estimate of drug-likeness (QED) is 0.236. The molecule has 204 valence electrons. The topological polar surface area (TPSA) is 64.1 Å². The van der Waals surface area contributed by atoms with Crippen LogP contribution in [0.4, 0.5) is 13.2 Å². The van der Waals surface area contributed by atoms with Crippen molar-refractivity contribution < 1.29 is 32.3 Å². The number of aromatic hydroxyl groups is 1. The van der Waals surface area contributed by atoms with Gasteiger partial charge < -0.3 is 19.2 Å². The molecule has 0 bridgehead atoms. The van der Waals surface area contributed by atoms with Gasteiger partial charge in [-0.3, -0.25) is 4.79 Å². The molecule has 0 aliphatic heterocycles. The average Bonchev–Trinajstić information content (AvgIpc) is 2.93. The Morgan fingerprint density at radius 3 is 1.93 bits per heavy atom. The van der Waals surface area contributed by atoms with Crippen molar-refractivity contribution in [2.45, 2.75) is 32.7 Å². The molecular formula is C32H27F3NO4+. The summed E-state index contributed by atoms with van der Waals surface area (Å²) in [7, 11) is 0. The van der Waals surface area contributed by atoms with Crippen LogP contribution in [-0.4, -0.2) is 5.11 Å². The third-order valence-electron chi connectivity index (χ3n) is 6.62. The number of benzene rings is 4. The van der Waals surface area contributed by atoms with E-state index in [4.69, 9.17) is 9.15 Å². The van der Waals surface area contributed by atoms with Crippen molar-refractivity contribution in [2.75, 3.05) is 0 Å². The lowest BCUT2D eigenvalue weighted by molar-refractivity contribution is -0.941. The van der Waals surface area contributed by atoms with Crippen LogP contribution >= 0.6 is 0 Å². The standard InChI is InChI=1S/C32H26F3NO4/c1-21-12-14-24(15-13-21)39-30-28(38)25-16-17-27(37)26(29(25)40-31(30)32(33,34)35)20-36(18-22-8-4-2-5-9-22)19-23-10-6-3-7-11-23/h2-17,37H,18-20H2,1H3/p+1. The Labute approximate surface area is 228 Å². The molecule has 0 saturated carbocycles. The molecular weight excluding hydrogens is 519 g/mol. The highest BCUT2D eigenvalue weighted by Gasteiger charge is 2.41. The van der Waals surface area contributed by atoms with Gasteiger partial charge in [0.1, 0.15) is 31.1 Å². The highest BCUT2D eigenvalue weighted by atomic mass is 19.4. The van der Waals surface area contributed by atoms with Crippen molar-refractivity contribution in [3.8, 4) is 17.2 Å². The van der Waals surface area contributed by atoms with E-state index in [1.54, 1.807) is 12.1 Å². The van der Waals surface area contributed by atoms with Gasteiger partial charge in [0, 0.05) is 11.1 Å². The maximum Gasteiger partial charge on any atom is 0.453 e. The molecule has 0 spiro atoms. The second-order valence-corrected chi connectivity index (χ2v) is 9.69. The zero-order valence-corrected chi connectivity index (χ0v) is 21.7. The number of hydrogen-bond acceptors (Lipinski definition) is 4. The first-order valence-corrected chi connectivity index (χ1v) is 12.7. The van der Waals surface area contributed by atoms with Gasteiger partial charge in [0.2, 0.25) is 11.2 Å². The molecule has 4 aromatic carbocycles. The SMILES string of the molecule is Cc1ccc(Oc2c(C(F)(F)F)oc3c(C[NH+](Cc4ccccc4)Cc4ccccc4)c(O)ccc3c2=O)cc1. The van der Waals surface area contributed by atoms with Crippen LogP contribution in [-0.2, 0) is 25.8 Å². The summed E-state index contributed by atoms with van der Waals surface area (Å²) < 4.78 is 53.5. The van der Waals surface area contributed by atoms with Gasteiger partial charge in [0.25, 0.3) is 5.76 Å². The molecule has 0 saturated heterocycles. The zero-order valence-electron chi connectivity index (χ0n) is 21.7. The summed E-state index contributed by atoms with van der Waals surface area (Å²) in [6, 6.07) is 28.2. The number of fused-ring (bicyclic) bond motifs is 1. The highest BCUT2D eigenvalue weighted by Crippen LogP contribution is 2.39. The van der Waals surface area contributed by atoms with Crippen LogP contribution in [0.15, 0.2) is 106 Å². The number of aryl methyl sites for hydroxylation is 1. The van der Waals surface area contributed by atoms with E-state index in [-0.39, 0.29) is 34.6 Å². The molecule has 0 unspecified atom stereocenters. The smallest absolute Gasteiger partial charge is 0.453 e. The minimum absolute atomic E-state index is 0.0723. The summed E-state index contributed by atoms with van der Waals surface area (Å²) in [5.41, 5.74) is 1.74. The van der Waals surface area contributed by atoms with Crippen molar-refractivity contribution in [3.63, 3.8) is 0 Å². The molecule has 0 aliphatic carbocycles. The minimum atomic E-state index is -5.02. The normalized spacial score (nSPS) is 11.7. The predicted octanol–water partition coefficient (Wildman–Crippen LogP) is 6.40. The summed E-state index contributed by atoms with van der Waals surface area (Å²) in [5, 5.41) is 10.7. The second-order valence-electron chi connectivity index (χ2n) is 9.69. The Bertz CT molecular complexity index is 1620. The number of quaternary nitrogens is 1. The summed E-state index contributed by atoms with van der Waals surface area (Å²) in [4.78, 5) is 14.4. The van der Waals surface area contributed by atoms with Crippen LogP contribution in [0.25, 0.3) is 11.0 Å². The van der Waals surface area contributed by atoms with Gasteiger partial charge >= 0.3 is 6.18 Å². The maximum atomic E-state index is 14.2. The monoisotopic (exact) mass is 546 g/mol. The van der Waals surface area contributed by atoms with E-state index in [1.807, 2.05) is 67.6 Å². The molecule has 1 heterocycles. The fraction of sp³-hybridized carbons (Fsp3) is 0.156. The second kappa shape index (κ2) is 11.3. The number of nitrogens with one attached hydrogen (secondary N) is 1. The lowest BCUT2D eigenvalue weighted by Gasteiger charge is -2.21. The molecule has 0 fully saturated rings. The Balaban J connectivity index is 1.61. The van der Waals surface area contributed by atoms with Gasteiger partial charge in [-0.25, -0.2) is 0 Å². The molecule has 8 heteroatoms. The number of halogens is 3. The molecule has 0 radical (unpaired) electrons. The van der Waals surface area contributed by atoms with Gasteiger partial charge in [0.05, 0.1) is 10.9 Å². The highest BCUT2D eigenvalue weighted by molar-refractivity contribution is 5.83. The number of hydrogen-bond donors (Lipinski definition) is 2. The summed E-state index contributed by atoms with van der Waals surface area (Å²) in [6.45, 7) is 2.97. The van der Waals surface area contributed by atoms with Crippen LogP contribution in [0.5, 0.6) is 17.2 Å². The van der Waals surface area contributed by atoms with Crippen LogP contribution in [0.3, 0.4) is 0 Å². The number of ether oxygens (including phenoxy) is 1. The first kappa shape index (κ1) is 27.0. The van der Waals surface area contributed by atoms with Crippen molar-refractivity contribution in [2.24, 2.45) is 0 Å². The van der Waals surface area contributed by atoms with E-state index < -0.39 is 23.1 Å². The third-order valence-corrected chi connectivity index (χ3v) is 6.62. The van der Waals surface area contributed by atoms with E-state index in [1.165, 1.54) is 24.3 Å². The molecule has 5 rings (SSSR count). The first-order valence-electron chi connectivity index (χ1n) is 12.7. The Kier molecular flexibility index (Phi) is 7.62. The van der Waals surface area contributed by atoms with Crippen LogP contribution in [0, 0.1) is 6.92 Å². The molecule has 0 atom stereocenters.